The van der Waals surface area contributed by atoms with Crippen LogP contribution in [0.5, 0.6) is 0 Å². The van der Waals surface area contributed by atoms with Crippen LogP contribution in [0.25, 0.3) is 0 Å². The van der Waals surface area contributed by atoms with Gasteiger partial charge in [-0.3, -0.25) is 4.79 Å². The van der Waals surface area contributed by atoms with Crippen LogP contribution in [0.15, 0.2) is 0 Å². The molecule has 0 aliphatic carbocycles. The van der Waals surface area contributed by atoms with Gasteiger partial charge in [0.2, 0.25) is 0 Å². The van der Waals surface area contributed by atoms with Gasteiger partial charge in [-0.25, -0.2) is 0 Å². The molecule has 2 aliphatic rings. The van der Waals surface area contributed by atoms with Crippen molar-refractivity contribution >= 4 is 5.97 Å². The molecule has 0 aromatic carbocycles. The minimum absolute atomic E-state index is 0.0157. The van der Waals surface area contributed by atoms with Crippen LogP contribution < -0.4 is 0 Å². The number of aliphatic hydroxyl groups excluding tert-OH is 2. The molecule has 2 heterocycles. The molecule has 0 amide bonds. The number of cyclic esters (lactones) is 1. The number of hydrogen-bond acceptors (Lipinski definition) is 8. The quantitative estimate of drug-likeness (QED) is 0.538. The van der Waals surface area contributed by atoms with E-state index in [9.17, 15) is 20.1 Å². The van der Waals surface area contributed by atoms with Gasteiger partial charge in [-0.1, -0.05) is 13.8 Å². The van der Waals surface area contributed by atoms with Crippen molar-refractivity contribution in [3.05, 3.63) is 0 Å². The number of likely N-dealkylation sites (N-methyl/N-ethyl adjacent to an activating group) is 1. The number of carbonyl (C=O) groups is 1. The van der Waals surface area contributed by atoms with E-state index in [1.807, 2.05) is 46.6 Å². The molecular weight excluding hydrogens is 414 g/mol. The van der Waals surface area contributed by atoms with E-state index in [0.717, 1.165) is 0 Å². The average molecular weight is 460 g/mol. The summed E-state index contributed by atoms with van der Waals surface area (Å²) in [6, 6.07) is -0.110. The van der Waals surface area contributed by atoms with E-state index in [2.05, 4.69) is 0 Å². The van der Waals surface area contributed by atoms with Crippen LogP contribution in [0, 0.1) is 17.8 Å². The lowest BCUT2D eigenvalue weighted by molar-refractivity contribution is -0.261. The van der Waals surface area contributed by atoms with Gasteiger partial charge < -0.3 is 34.4 Å². The van der Waals surface area contributed by atoms with Crippen LogP contribution in [0.2, 0.25) is 0 Å². The number of rotatable bonds is 2. The van der Waals surface area contributed by atoms with Gasteiger partial charge in [-0.15, -0.1) is 0 Å². The zero-order valence-corrected chi connectivity index (χ0v) is 20.9. The molecule has 10 atom stereocenters. The SMILES string of the molecule is CC1O[C@@H](O[C@H]2[C@H](C)C[C@](C)(O)CCN(C)[C@H](C)[C@@H](O)CCOC(=O)[C@@H]2C)C[C@H](C)[C@H]1O. The molecule has 0 radical (unpaired) electrons. The Morgan fingerprint density at radius 2 is 1.78 bits per heavy atom. The minimum atomic E-state index is -0.960. The van der Waals surface area contributed by atoms with Crippen molar-refractivity contribution in [1.82, 2.24) is 4.90 Å². The predicted octanol–water partition coefficient (Wildman–Crippen LogP) is 1.93. The van der Waals surface area contributed by atoms with Gasteiger partial charge in [-0.2, -0.15) is 0 Å². The number of ether oxygens (including phenoxy) is 3. The van der Waals surface area contributed by atoms with Crippen LogP contribution in [0.3, 0.4) is 0 Å². The molecule has 3 N–H and O–H groups in total. The number of nitrogens with zero attached hydrogens (tertiary/aromatic N) is 1. The first kappa shape index (κ1) is 27.5. The van der Waals surface area contributed by atoms with E-state index in [0.29, 0.717) is 32.2 Å². The molecule has 2 aliphatic heterocycles. The maximum atomic E-state index is 12.8. The van der Waals surface area contributed by atoms with Crippen molar-refractivity contribution in [2.24, 2.45) is 17.8 Å². The second-order valence-corrected chi connectivity index (χ2v) is 10.5. The van der Waals surface area contributed by atoms with Gasteiger partial charge in [0.1, 0.15) is 0 Å². The molecule has 2 saturated heterocycles. The van der Waals surface area contributed by atoms with E-state index in [4.69, 9.17) is 14.2 Å². The maximum absolute atomic E-state index is 12.8. The number of esters is 1. The summed E-state index contributed by atoms with van der Waals surface area (Å²) in [4.78, 5) is 14.9. The lowest BCUT2D eigenvalue weighted by Gasteiger charge is -2.41. The van der Waals surface area contributed by atoms with E-state index in [1.54, 1.807) is 6.92 Å². The second-order valence-electron chi connectivity index (χ2n) is 10.5. The summed E-state index contributed by atoms with van der Waals surface area (Å²) >= 11 is 0. The first-order chi connectivity index (χ1) is 14.8. The highest BCUT2D eigenvalue weighted by Crippen LogP contribution is 2.33. The van der Waals surface area contributed by atoms with Crippen LogP contribution in [-0.4, -0.2) is 88.7 Å². The minimum Gasteiger partial charge on any atom is -0.465 e. The van der Waals surface area contributed by atoms with Crippen molar-refractivity contribution < 1.29 is 34.3 Å². The van der Waals surface area contributed by atoms with E-state index < -0.39 is 36.1 Å². The molecule has 1 unspecified atom stereocenters. The third-order valence-corrected chi connectivity index (χ3v) is 7.40. The van der Waals surface area contributed by atoms with E-state index in [1.165, 1.54) is 0 Å². The maximum Gasteiger partial charge on any atom is 0.311 e. The molecule has 188 valence electrons. The Morgan fingerprint density at radius 1 is 1.12 bits per heavy atom. The monoisotopic (exact) mass is 459 g/mol. The second kappa shape index (κ2) is 11.6. The van der Waals surface area contributed by atoms with Gasteiger partial charge in [0.15, 0.2) is 6.29 Å². The summed E-state index contributed by atoms with van der Waals surface area (Å²) in [5, 5.41) is 31.8. The van der Waals surface area contributed by atoms with Crippen molar-refractivity contribution in [2.75, 3.05) is 20.2 Å². The van der Waals surface area contributed by atoms with Crippen molar-refractivity contribution in [1.29, 1.82) is 0 Å². The summed E-state index contributed by atoms with van der Waals surface area (Å²) in [6.45, 7) is 12.1. The predicted molar refractivity (Wildman–Crippen MR) is 121 cm³/mol. The first-order valence-electron chi connectivity index (χ1n) is 12.1. The molecule has 0 bridgehead atoms. The van der Waals surface area contributed by atoms with Crippen molar-refractivity contribution in [3.63, 3.8) is 0 Å². The lowest BCUT2D eigenvalue weighted by Crippen LogP contribution is -2.48. The Kier molecular flexibility index (Phi) is 9.94. The highest BCUT2D eigenvalue weighted by Gasteiger charge is 2.40. The number of carbonyl (C=O) groups excluding carboxylic acids is 1. The smallest absolute Gasteiger partial charge is 0.311 e. The van der Waals surface area contributed by atoms with Crippen LogP contribution in [0.4, 0.5) is 0 Å². The standard InChI is InChI=1S/C24H45NO7/c1-14-12-20(31-18(5)21(14)27)32-22-15(2)13-24(6,29)9-10-25(7)17(4)19(26)8-11-30-23(28)16(22)3/h14-22,26-27,29H,8-13H2,1-7H3/t14-,15+,16+,17+,18?,19-,20-,21+,22-,24+/m0/s1. The Morgan fingerprint density at radius 3 is 2.41 bits per heavy atom. The van der Waals surface area contributed by atoms with Crippen molar-refractivity contribution in [2.45, 2.75) is 110 Å². The lowest BCUT2D eigenvalue weighted by atomic mass is 9.82. The molecule has 8 nitrogen and oxygen atoms in total. The molecule has 2 rings (SSSR count). The van der Waals surface area contributed by atoms with Gasteiger partial charge >= 0.3 is 5.97 Å². The zero-order chi connectivity index (χ0) is 24.2. The van der Waals surface area contributed by atoms with Gasteiger partial charge in [0.05, 0.1) is 42.5 Å². The topological polar surface area (TPSA) is 109 Å². The highest BCUT2D eigenvalue weighted by molar-refractivity contribution is 5.72. The Balaban J connectivity index is 2.20. The fourth-order valence-electron chi connectivity index (χ4n) is 4.90. The summed E-state index contributed by atoms with van der Waals surface area (Å²) in [5.74, 6) is -1.07. The van der Waals surface area contributed by atoms with E-state index in [-0.39, 0.29) is 36.6 Å². The fraction of sp³-hybridized carbons (Fsp3) is 0.958. The normalized spacial score (nSPS) is 46.3. The Labute approximate surface area is 193 Å². The van der Waals surface area contributed by atoms with Gasteiger partial charge in [0.25, 0.3) is 0 Å². The third-order valence-electron chi connectivity index (χ3n) is 7.40. The van der Waals surface area contributed by atoms with Gasteiger partial charge in [0, 0.05) is 25.4 Å². The van der Waals surface area contributed by atoms with Gasteiger partial charge in [-0.05, 0) is 59.4 Å². The van der Waals surface area contributed by atoms with Crippen LogP contribution in [-0.2, 0) is 19.0 Å². The summed E-state index contributed by atoms with van der Waals surface area (Å²) in [5.41, 5.74) is -0.960. The third kappa shape index (κ3) is 7.37. The number of aliphatic hydroxyl groups is 3. The van der Waals surface area contributed by atoms with Crippen molar-refractivity contribution in [3.8, 4) is 0 Å². The fourth-order valence-corrected chi connectivity index (χ4v) is 4.90. The summed E-state index contributed by atoms with van der Waals surface area (Å²) < 4.78 is 17.7. The van der Waals surface area contributed by atoms with Crippen LogP contribution >= 0.6 is 0 Å². The molecule has 0 aromatic rings. The molecule has 8 heteroatoms. The first-order valence-corrected chi connectivity index (χ1v) is 12.1. The number of hydrogen-bond donors (Lipinski definition) is 3. The Hall–Kier alpha value is -0.770. The highest BCUT2D eigenvalue weighted by atomic mass is 16.7. The average Bonchev–Trinajstić information content (AvgIpc) is 2.71. The molecular formula is C24H45NO7. The summed E-state index contributed by atoms with van der Waals surface area (Å²) in [6.07, 6.45) is -0.736. The molecule has 0 saturated carbocycles. The molecule has 0 spiro atoms. The molecule has 32 heavy (non-hydrogen) atoms. The molecule has 2 fully saturated rings. The zero-order valence-electron chi connectivity index (χ0n) is 20.9. The molecule has 0 aromatic heterocycles. The largest absolute Gasteiger partial charge is 0.465 e. The van der Waals surface area contributed by atoms with E-state index >= 15 is 0 Å². The van der Waals surface area contributed by atoms with Crippen LogP contribution in [0.1, 0.15) is 67.2 Å². The summed E-state index contributed by atoms with van der Waals surface area (Å²) in [7, 11) is 1.93. The Bertz CT molecular complexity index is 589.